The normalized spacial score (nSPS) is 13.3. The van der Waals surface area contributed by atoms with Crippen molar-refractivity contribution in [2.24, 2.45) is 0 Å². The Kier molecular flexibility index (Phi) is 7.43. The summed E-state index contributed by atoms with van der Waals surface area (Å²) >= 11 is -1.40. The largest absolute Gasteiger partial charge is 0.615 e. The van der Waals surface area contributed by atoms with Crippen molar-refractivity contribution in [3.8, 4) is 11.1 Å². The van der Waals surface area contributed by atoms with E-state index in [1.54, 1.807) is 49.4 Å². The van der Waals surface area contributed by atoms with E-state index < -0.39 is 17.1 Å². The second-order valence-electron chi connectivity index (χ2n) is 5.48. The van der Waals surface area contributed by atoms with Gasteiger partial charge in [-0.25, -0.2) is 9.18 Å². The Labute approximate surface area is 150 Å². The lowest BCUT2D eigenvalue weighted by Gasteiger charge is -2.18. The van der Waals surface area contributed by atoms with Crippen LogP contribution >= 0.6 is 0 Å². The first-order valence-corrected chi connectivity index (χ1v) is 9.27. The Balaban J connectivity index is 1.99. The smallest absolute Gasteiger partial charge is 0.356 e. The minimum atomic E-state index is -1.40. The van der Waals surface area contributed by atoms with Crippen LogP contribution in [0.15, 0.2) is 48.5 Å². The van der Waals surface area contributed by atoms with Crippen LogP contribution in [0, 0.1) is 5.82 Å². The summed E-state index contributed by atoms with van der Waals surface area (Å²) in [5.74, 6) is -0.962. The maximum Gasteiger partial charge on any atom is 0.356 e. The average molecular weight is 364 g/mol. The number of hydrogen-bond acceptors (Lipinski definition) is 4. The second kappa shape index (κ2) is 9.56. The zero-order valence-corrected chi connectivity index (χ0v) is 15.1. The van der Waals surface area contributed by atoms with Crippen LogP contribution in [0.5, 0.6) is 0 Å². The molecule has 0 aliphatic heterocycles. The third kappa shape index (κ3) is 5.56. The van der Waals surface area contributed by atoms with Gasteiger partial charge in [-0.15, -0.1) is 0 Å². The molecule has 0 spiro atoms. The minimum Gasteiger partial charge on any atom is -0.615 e. The van der Waals surface area contributed by atoms with Gasteiger partial charge in [-0.1, -0.05) is 42.5 Å². The molecule has 2 atom stereocenters. The van der Waals surface area contributed by atoms with Crippen molar-refractivity contribution in [2.45, 2.75) is 12.2 Å². The number of ether oxygens (including phenoxy) is 2. The SMILES string of the molecule is COCCOC(=O)C[S+]([O-])C(C)c1ccc(-c2ccccc2F)cc1. The number of benzene rings is 2. The lowest BCUT2D eigenvalue weighted by Crippen LogP contribution is -2.23. The number of methoxy groups -OCH3 is 1. The quantitative estimate of drug-likeness (QED) is 0.409. The van der Waals surface area contributed by atoms with E-state index >= 15 is 0 Å². The van der Waals surface area contributed by atoms with E-state index in [1.807, 2.05) is 0 Å². The molecular formula is C19H21FO4S. The third-order valence-corrected chi connectivity index (χ3v) is 5.35. The lowest BCUT2D eigenvalue weighted by atomic mass is 10.0. The zero-order valence-electron chi connectivity index (χ0n) is 14.2. The van der Waals surface area contributed by atoms with Gasteiger partial charge in [0.2, 0.25) is 5.75 Å². The molecule has 0 heterocycles. The summed E-state index contributed by atoms with van der Waals surface area (Å²) in [5, 5.41) is -0.329. The molecule has 0 N–H and O–H groups in total. The number of hydrogen-bond donors (Lipinski definition) is 0. The Hall–Kier alpha value is -1.89. The van der Waals surface area contributed by atoms with E-state index in [-0.39, 0.29) is 23.4 Å². The summed E-state index contributed by atoms with van der Waals surface area (Å²) in [6, 6.07) is 13.7. The molecule has 0 radical (unpaired) electrons. The van der Waals surface area contributed by atoms with E-state index in [2.05, 4.69) is 0 Å². The predicted molar refractivity (Wildman–Crippen MR) is 96.1 cm³/mol. The maximum absolute atomic E-state index is 13.8. The number of rotatable bonds is 8. The van der Waals surface area contributed by atoms with Gasteiger partial charge < -0.3 is 14.0 Å². The fraction of sp³-hybridized carbons (Fsp3) is 0.316. The number of esters is 1. The number of carbonyl (C=O) groups excluding carboxylic acids is 1. The molecule has 25 heavy (non-hydrogen) atoms. The fourth-order valence-electron chi connectivity index (χ4n) is 2.30. The second-order valence-corrected chi connectivity index (χ2v) is 7.24. The molecule has 6 heteroatoms. The first kappa shape index (κ1) is 19.4. The first-order valence-electron chi connectivity index (χ1n) is 7.89. The highest BCUT2D eigenvalue weighted by Gasteiger charge is 2.23. The fourth-order valence-corrected chi connectivity index (χ4v) is 3.33. The Morgan fingerprint density at radius 3 is 2.48 bits per heavy atom. The summed E-state index contributed by atoms with van der Waals surface area (Å²) in [6.07, 6.45) is 0. The molecule has 4 nitrogen and oxygen atoms in total. The van der Waals surface area contributed by atoms with E-state index in [0.717, 1.165) is 11.1 Å². The van der Waals surface area contributed by atoms with Gasteiger partial charge >= 0.3 is 5.97 Å². The van der Waals surface area contributed by atoms with Crippen molar-refractivity contribution >= 4 is 17.1 Å². The molecule has 2 unspecified atom stereocenters. The van der Waals surface area contributed by atoms with Crippen LogP contribution in [0.2, 0.25) is 0 Å². The molecule has 2 aromatic rings. The maximum atomic E-state index is 13.8. The molecule has 2 rings (SSSR count). The van der Waals surface area contributed by atoms with Gasteiger partial charge in [-0.3, -0.25) is 0 Å². The number of carbonyl (C=O) groups is 1. The number of halogens is 1. The molecule has 0 aromatic heterocycles. The zero-order chi connectivity index (χ0) is 18.2. The van der Waals surface area contributed by atoms with Gasteiger partial charge in [0.25, 0.3) is 0 Å². The highest BCUT2D eigenvalue weighted by Crippen LogP contribution is 2.27. The molecule has 0 saturated heterocycles. The highest BCUT2D eigenvalue weighted by atomic mass is 32.2. The average Bonchev–Trinajstić information content (AvgIpc) is 2.62. The third-order valence-electron chi connectivity index (χ3n) is 3.77. The van der Waals surface area contributed by atoms with Gasteiger partial charge in [0.05, 0.1) is 6.61 Å². The van der Waals surface area contributed by atoms with Crippen LogP contribution in [0.1, 0.15) is 17.7 Å². The molecule has 2 aromatic carbocycles. The van der Waals surface area contributed by atoms with Crippen LogP contribution < -0.4 is 0 Å². The van der Waals surface area contributed by atoms with Gasteiger partial charge in [0, 0.05) is 18.2 Å². The summed E-state index contributed by atoms with van der Waals surface area (Å²) in [7, 11) is 1.51. The summed E-state index contributed by atoms with van der Waals surface area (Å²) in [5.41, 5.74) is 2.09. The predicted octanol–water partition coefficient (Wildman–Crippen LogP) is 3.49. The van der Waals surface area contributed by atoms with Crippen LogP contribution in [0.4, 0.5) is 4.39 Å². The first-order chi connectivity index (χ1) is 12.0. The molecule has 0 aliphatic carbocycles. The van der Waals surface area contributed by atoms with Crippen LogP contribution in [0.25, 0.3) is 11.1 Å². The lowest BCUT2D eigenvalue weighted by molar-refractivity contribution is -0.141. The van der Waals surface area contributed by atoms with Crippen LogP contribution in [0.3, 0.4) is 0 Å². The molecule has 0 amide bonds. The van der Waals surface area contributed by atoms with Crippen molar-refractivity contribution in [2.75, 3.05) is 26.1 Å². The summed E-state index contributed by atoms with van der Waals surface area (Å²) in [6.45, 7) is 2.25. The Morgan fingerprint density at radius 1 is 1.16 bits per heavy atom. The monoisotopic (exact) mass is 364 g/mol. The Bertz CT molecular complexity index is 690. The van der Waals surface area contributed by atoms with Crippen molar-refractivity contribution in [1.82, 2.24) is 0 Å². The van der Waals surface area contributed by atoms with E-state index in [1.165, 1.54) is 13.2 Å². The molecule has 0 saturated carbocycles. The van der Waals surface area contributed by atoms with E-state index in [9.17, 15) is 13.7 Å². The van der Waals surface area contributed by atoms with Crippen molar-refractivity contribution in [3.05, 3.63) is 59.9 Å². The van der Waals surface area contributed by atoms with Crippen molar-refractivity contribution in [1.29, 1.82) is 0 Å². The van der Waals surface area contributed by atoms with E-state index in [0.29, 0.717) is 12.2 Å². The molecular weight excluding hydrogens is 343 g/mol. The molecule has 0 fully saturated rings. The summed E-state index contributed by atoms with van der Waals surface area (Å²) < 4.78 is 35.9. The topological polar surface area (TPSA) is 58.6 Å². The minimum absolute atomic E-state index is 0.151. The van der Waals surface area contributed by atoms with Gasteiger partial charge in [-0.05, 0) is 29.7 Å². The van der Waals surface area contributed by atoms with Crippen LogP contribution in [-0.4, -0.2) is 36.6 Å². The Morgan fingerprint density at radius 2 is 1.84 bits per heavy atom. The molecule has 0 aliphatic rings. The van der Waals surface area contributed by atoms with Gasteiger partial charge in [0.15, 0.2) is 0 Å². The van der Waals surface area contributed by atoms with Crippen molar-refractivity contribution in [3.63, 3.8) is 0 Å². The van der Waals surface area contributed by atoms with Crippen LogP contribution in [-0.2, 0) is 25.4 Å². The highest BCUT2D eigenvalue weighted by molar-refractivity contribution is 7.92. The van der Waals surface area contributed by atoms with E-state index in [4.69, 9.17) is 9.47 Å². The molecule has 0 bridgehead atoms. The standard InChI is InChI=1S/C19H21FO4S/c1-14(25(22)13-19(21)24-12-11-23-2)15-7-9-16(10-8-15)17-5-3-4-6-18(17)20/h3-10,14H,11-13H2,1-2H3. The summed E-state index contributed by atoms with van der Waals surface area (Å²) in [4.78, 5) is 11.6. The van der Waals surface area contributed by atoms with Gasteiger partial charge in [0.1, 0.15) is 17.7 Å². The van der Waals surface area contributed by atoms with Crippen molar-refractivity contribution < 1.29 is 23.2 Å². The molecule has 134 valence electrons. The van der Waals surface area contributed by atoms with Gasteiger partial charge in [-0.2, -0.15) is 0 Å².